The summed E-state index contributed by atoms with van der Waals surface area (Å²) in [6, 6.07) is 15.5. The fourth-order valence-electron chi connectivity index (χ4n) is 4.24. The number of para-hydroxylation sites is 1. The van der Waals surface area contributed by atoms with Crippen LogP contribution < -0.4 is 14.2 Å². The average Bonchev–Trinajstić information content (AvgIpc) is 3.26. The van der Waals surface area contributed by atoms with Crippen LogP contribution >= 0.6 is 0 Å². The molecule has 1 atom stereocenters. The largest absolute Gasteiger partial charge is 0.494 e. The van der Waals surface area contributed by atoms with Crippen molar-refractivity contribution in [3.05, 3.63) is 54.1 Å². The summed E-state index contributed by atoms with van der Waals surface area (Å²) in [6.07, 6.45) is 3.65. The van der Waals surface area contributed by atoms with E-state index in [1.807, 2.05) is 53.4 Å². The average molecular weight is 411 g/mol. The van der Waals surface area contributed by atoms with Crippen molar-refractivity contribution in [1.29, 1.82) is 0 Å². The molecule has 1 fully saturated rings. The molecule has 0 spiro atoms. The van der Waals surface area contributed by atoms with Gasteiger partial charge in [0.25, 0.3) is 0 Å². The highest BCUT2D eigenvalue weighted by molar-refractivity contribution is 5.76. The molecule has 2 aromatic carbocycles. The number of fused-ring (bicyclic) bond motifs is 1. The van der Waals surface area contributed by atoms with Gasteiger partial charge in [-0.3, -0.25) is 4.79 Å². The zero-order chi connectivity index (χ0) is 20.8. The maximum Gasteiger partial charge on any atom is 0.231 e. The molecule has 0 unspecified atom stereocenters. The number of rotatable bonds is 8. The predicted molar refractivity (Wildman–Crippen MR) is 113 cm³/mol. The van der Waals surface area contributed by atoms with Crippen LogP contribution in [0.3, 0.4) is 0 Å². The third kappa shape index (κ3) is 4.87. The summed E-state index contributed by atoms with van der Waals surface area (Å²) >= 11 is 0. The van der Waals surface area contributed by atoms with Crippen molar-refractivity contribution in [2.24, 2.45) is 5.41 Å². The van der Waals surface area contributed by atoms with Gasteiger partial charge in [-0.1, -0.05) is 24.3 Å². The van der Waals surface area contributed by atoms with E-state index in [1.54, 1.807) is 0 Å². The molecule has 0 saturated carbocycles. The summed E-state index contributed by atoms with van der Waals surface area (Å²) in [5, 5.41) is 10.1. The van der Waals surface area contributed by atoms with Crippen molar-refractivity contribution in [3.63, 3.8) is 0 Å². The first-order valence-corrected chi connectivity index (χ1v) is 10.6. The van der Waals surface area contributed by atoms with Crippen LogP contribution in [0.5, 0.6) is 17.2 Å². The minimum atomic E-state index is -0.290. The van der Waals surface area contributed by atoms with Gasteiger partial charge in [0.2, 0.25) is 12.7 Å². The highest BCUT2D eigenvalue weighted by Crippen LogP contribution is 2.35. The molecule has 0 aliphatic carbocycles. The van der Waals surface area contributed by atoms with Crippen LogP contribution in [0.1, 0.15) is 31.2 Å². The van der Waals surface area contributed by atoms with Crippen LogP contribution in [0.15, 0.2) is 48.5 Å². The molecule has 0 bridgehead atoms. The van der Waals surface area contributed by atoms with Crippen LogP contribution in [0, 0.1) is 5.41 Å². The van der Waals surface area contributed by atoms with Gasteiger partial charge in [-0.05, 0) is 55.5 Å². The molecule has 6 nitrogen and oxygen atoms in total. The monoisotopic (exact) mass is 411 g/mol. The summed E-state index contributed by atoms with van der Waals surface area (Å²) in [7, 11) is 0. The minimum absolute atomic E-state index is 0.0666. The smallest absolute Gasteiger partial charge is 0.231 e. The van der Waals surface area contributed by atoms with Gasteiger partial charge in [-0.15, -0.1) is 0 Å². The lowest BCUT2D eigenvalue weighted by atomic mass is 9.78. The number of amides is 1. The first-order chi connectivity index (χ1) is 14.7. The Morgan fingerprint density at radius 3 is 2.80 bits per heavy atom. The van der Waals surface area contributed by atoms with Gasteiger partial charge >= 0.3 is 0 Å². The molecule has 0 aromatic heterocycles. The number of nitrogens with zero attached hydrogens (tertiary/aromatic N) is 1. The number of benzene rings is 2. The second-order valence-electron chi connectivity index (χ2n) is 8.18. The zero-order valence-electron chi connectivity index (χ0n) is 17.2. The van der Waals surface area contributed by atoms with Crippen LogP contribution in [0.2, 0.25) is 0 Å². The summed E-state index contributed by atoms with van der Waals surface area (Å²) < 4.78 is 16.6. The summed E-state index contributed by atoms with van der Waals surface area (Å²) in [5.41, 5.74) is 0.774. The Morgan fingerprint density at radius 1 is 1.13 bits per heavy atom. The van der Waals surface area contributed by atoms with Gasteiger partial charge in [0, 0.05) is 24.9 Å². The van der Waals surface area contributed by atoms with Crippen LogP contribution in [-0.2, 0) is 11.2 Å². The Bertz CT molecular complexity index is 856. The fourth-order valence-corrected chi connectivity index (χ4v) is 4.24. The molecule has 4 rings (SSSR count). The lowest BCUT2D eigenvalue weighted by molar-refractivity contribution is -0.135. The van der Waals surface area contributed by atoms with Crippen molar-refractivity contribution in [2.45, 2.75) is 32.1 Å². The standard InChI is InChI=1S/C24H29NO5/c26-17-24(12-14-28-20-5-2-1-3-6-20)11-4-13-25(16-24)23(27)10-8-19-7-9-21-22(15-19)30-18-29-21/h1-3,5-7,9,15,26H,4,8,10-14,16-18H2/t24-/m0/s1. The lowest BCUT2D eigenvalue weighted by Gasteiger charge is -2.42. The van der Waals surface area contributed by atoms with Gasteiger partial charge in [-0.25, -0.2) is 0 Å². The maximum atomic E-state index is 12.9. The normalized spacial score (nSPS) is 20.2. The van der Waals surface area contributed by atoms with E-state index in [9.17, 15) is 9.90 Å². The number of likely N-dealkylation sites (tertiary alicyclic amines) is 1. The summed E-state index contributed by atoms with van der Waals surface area (Å²) in [5.74, 6) is 2.47. The number of aryl methyl sites for hydroxylation is 1. The summed E-state index contributed by atoms with van der Waals surface area (Å²) in [6.45, 7) is 2.19. The van der Waals surface area contributed by atoms with E-state index < -0.39 is 0 Å². The van der Waals surface area contributed by atoms with E-state index in [0.29, 0.717) is 26.0 Å². The highest BCUT2D eigenvalue weighted by atomic mass is 16.7. The van der Waals surface area contributed by atoms with E-state index in [1.165, 1.54) is 0 Å². The van der Waals surface area contributed by atoms with Gasteiger partial charge in [0.15, 0.2) is 11.5 Å². The van der Waals surface area contributed by atoms with Crippen molar-refractivity contribution in [1.82, 2.24) is 4.90 Å². The quantitative estimate of drug-likeness (QED) is 0.721. The van der Waals surface area contributed by atoms with E-state index in [4.69, 9.17) is 14.2 Å². The molecule has 160 valence electrons. The Kier molecular flexibility index (Phi) is 6.43. The number of piperidine rings is 1. The van der Waals surface area contributed by atoms with Crippen molar-refractivity contribution in [2.75, 3.05) is 33.1 Å². The number of carbonyl (C=O) groups is 1. The Labute approximate surface area is 177 Å². The SMILES string of the molecule is O=C(CCc1ccc2c(c1)OCO2)N1CCC[C@](CO)(CCOc2ccccc2)C1. The van der Waals surface area contributed by atoms with Crippen molar-refractivity contribution < 1.29 is 24.1 Å². The number of hydrogen-bond donors (Lipinski definition) is 1. The lowest BCUT2D eigenvalue weighted by Crippen LogP contribution is -2.48. The van der Waals surface area contributed by atoms with Crippen molar-refractivity contribution >= 4 is 5.91 Å². The molecule has 2 aliphatic heterocycles. The van der Waals surface area contributed by atoms with Crippen LogP contribution in [0.25, 0.3) is 0 Å². The predicted octanol–water partition coefficient (Wildman–Crippen LogP) is 3.42. The first kappa shape index (κ1) is 20.5. The Morgan fingerprint density at radius 2 is 1.97 bits per heavy atom. The molecule has 1 amide bonds. The number of aliphatic hydroxyl groups excluding tert-OH is 1. The number of carbonyl (C=O) groups excluding carboxylic acids is 1. The third-order valence-electron chi connectivity index (χ3n) is 6.06. The van der Waals surface area contributed by atoms with E-state index in [2.05, 4.69) is 0 Å². The number of hydrogen-bond acceptors (Lipinski definition) is 5. The highest BCUT2D eigenvalue weighted by Gasteiger charge is 2.36. The number of ether oxygens (including phenoxy) is 3. The topological polar surface area (TPSA) is 68.2 Å². The third-order valence-corrected chi connectivity index (χ3v) is 6.06. The molecule has 2 aliphatic rings. The Hall–Kier alpha value is -2.73. The van der Waals surface area contributed by atoms with Gasteiger partial charge < -0.3 is 24.2 Å². The summed E-state index contributed by atoms with van der Waals surface area (Å²) in [4.78, 5) is 14.8. The fraction of sp³-hybridized carbons (Fsp3) is 0.458. The second kappa shape index (κ2) is 9.39. The van der Waals surface area contributed by atoms with Crippen LogP contribution in [-0.4, -0.2) is 49.0 Å². The minimum Gasteiger partial charge on any atom is -0.494 e. The Balaban J connectivity index is 1.29. The first-order valence-electron chi connectivity index (χ1n) is 10.6. The molecule has 30 heavy (non-hydrogen) atoms. The maximum absolute atomic E-state index is 12.9. The van der Waals surface area contributed by atoms with E-state index in [0.717, 1.165) is 48.6 Å². The van der Waals surface area contributed by atoms with Gasteiger partial charge in [0.05, 0.1) is 13.2 Å². The molecule has 1 saturated heterocycles. The molecular formula is C24H29NO5. The molecule has 2 aromatic rings. The molecule has 0 radical (unpaired) electrons. The zero-order valence-corrected chi connectivity index (χ0v) is 17.2. The van der Waals surface area contributed by atoms with E-state index >= 15 is 0 Å². The number of aliphatic hydroxyl groups is 1. The molecule has 1 N–H and O–H groups in total. The molecular weight excluding hydrogens is 382 g/mol. The molecule has 6 heteroatoms. The van der Waals surface area contributed by atoms with Gasteiger partial charge in [-0.2, -0.15) is 0 Å². The second-order valence-corrected chi connectivity index (χ2v) is 8.18. The van der Waals surface area contributed by atoms with Crippen LogP contribution in [0.4, 0.5) is 0 Å². The van der Waals surface area contributed by atoms with Crippen molar-refractivity contribution in [3.8, 4) is 17.2 Å². The molecule has 2 heterocycles. The van der Waals surface area contributed by atoms with E-state index in [-0.39, 0.29) is 24.7 Å². The van der Waals surface area contributed by atoms with Gasteiger partial charge in [0.1, 0.15) is 5.75 Å².